The van der Waals surface area contributed by atoms with Crippen molar-refractivity contribution in [3.63, 3.8) is 0 Å². The van der Waals surface area contributed by atoms with E-state index in [1.807, 2.05) is 54.6 Å². The zero-order valence-electron chi connectivity index (χ0n) is 16.2. The highest BCUT2D eigenvalue weighted by molar-refractivity contribution is 5.90. The van der Waals surface area contributed by atoms with Crippen molar-refractivity contribution in [1.29, 1.82) is 0 Å². The van der Waals surface area contributed by atoms with Gasteiger partial charge >= 0.3 is 0 Å². The first-order chi connectivity index (χ1) is 13.8. The first kappa shape index (κ1) is 21.3. The fourth-order valence-corrected chi connectivity index (χ4v) is 2.82. The summed E-state index contributed by atoms with van der Waals surface area (Å²) in [5, 5.41) is 6.45. The molecule has 2 rings (SSSR count). The highest BCUT2D eigenvalue weighted by Crippen LogP contribution is 2.17. The fourth-order valence-electron chi connectivity index (χ4n) is 2.82. The van der Waals surface area contributed by atoms with E-state index in [4.69, 9.17) is 10.3 Å². The second-order valence-corrected chi connectivity index (χ2v) is 6.67. The van der Waals surface area contributed by atoms with E-state index in [1.165, 1.54) is 0 Å². The number of carbonyl (C=O) groups is 1. The molecule has 0 aliphatic rings. The Labute approximate surface area is 166 Å². The van der Waals surface area contributed by atoms with E-state index in [2.05, 4.69) is 15.3 Å². The normalized spacial score (nSPS) is 10.1. The Hall–Kier alpha value is -2.98. The summed E-state index contributed by atoms with van der Waals surface area (Å²) in [7, 11) is 0. The summed E-state index contributed by atoms with van der Waals surface area (Å²) in [6, 6.07) is 17.5. The van der Waals surface area contributed by atoms with E-state index in [0.29, 0.717) is 19.6 Å². The Morgan fingerprint density at radius 3 is 2.32 bits per heavy atom. The number of hydrogen-bond acceptors (Lipinski definition) is 3. The van der Waals surface area contributed by atoms with E-state index in [0.717, 1.165) is 55.5 Å². The molecule has 1 N–H and O–H groups in total. The standard InChI is InChI=1S/C22H28N4O2/c23-26-24-17-9-4-2-1-3-8-12-22(27)25-20-13-15-21(16-14-20)28-18-19-10-6-5-7-11-19/h5-7,10-11,13-16H,1-4,8-9,12,17-18H2,(H,25,27). The van der Waals surface area contributed by atoms with Crippen LogP contribution in [0.2, 0.25) is 0 Å². The molecule has 0 atom stereocenters. The van der Waals surface area contributed by atoms with Gasteiger partial charge in [-0.15, -0.1) is 0 Å². The van der Waals surface area contributed by atoms with Crippen molar-refractivity contribution in [2.24, 2.45) is 5.11 Å². The van der Waals surface area contributed by atoms with Crippen molar-refractivity contribution in [3.8, 4) is 5.75 Å². The van der Waals surface area contributed by atoms with Crippen molar-refractivity contribution in [1.82, 2.24) is 0 Å². The highest BCUT2D eigenvalue weighted by Gasteiger charge is 2.03. The molecule has 1 amide bonds. The third kappa shape index (κ3) is 9.10. The van der Waals surface area contributed by atoms with Crippen molar-refractivity contribution in [3.05, 3.63) is 70.6 Å². The molecular weight excluding hydrogens is 352 g/mol. The van der Waals surface area contributed by atoms with Gasteiger partial charge in [-0.2, -0.15) is 0 Å². The van der Waals surface area contributed by atoms with Crippen LogP contribution in [-0.4, -0.2) is 12.5 Å². The molecule has 0 unspecified atom stereocenters. The van der Waals surface area contributed by atoms with Crippen LogP contribution in [0.15, 0.2) is 59.7 Å². The molecule has 0 radical (unpaired) electrons. The predicted octanol–water partition coefficient (Wildman–Crippen LogP) is 6.25. The summed E-state index contributed by atoms with van der Waals surface area (Å²) in [5.41, 5.74) is 10.1. The molecule has 2 aromatic rings. The summed E-state index contributed by atoms with van der Waals surface area (Å²) in [5.74, 6) is 0.823. The second-order valence-electron chi connectivity index (χ2n) is 6.67. The molecule has 28 heavy (non-hydrogen) atoms. The van der Waals surface area contributed by atoms with Gasteiger partial charge < -0.3 is 10.1 Å². The monoisotopic (exact) mass is 380 g/mol. The van der Waals surface area contributed by atoms with Crippen LogP contribution in [0.4, 0.5) is 5.69 Å². The van der Waals surface area contributed by atoms with E-state index >= 15 is 0 Å². The number of anilines is 1. The summed E-state index contributed by atoms with van der Waals surface area (Å²) in [4.78, 5) is 14.8. The lowest BCUT2D eigenvalue weighted by Gasteiger charge is -2.08. The number of benzene rings is 2. The molecule has 2 aromatic carbocycles. The molecule has 0 spiro atoms. The largest absolute Gasteiger partial charge is 0.489 e. The second kappa shape index (κ2) is 13.2. The van der Waals surface area contributed by atoms with Crippen LogP contribution in [0, 0.1) is 0 Å². The molecule has 0 fully saturated rings. The van der Waals surface area contributed by atoms with Crippen LogP contribution in [0.25, 0.3) is 10.4 Å². The molecule has 0 aliphatic heterocycles. The molecule has 6 heteroatoms. The maximum atomic E-state index is 12.0. The molecule has 6 nitrogen and oxygen atoms in total. The number of nitrogens with zero attached hydrogens (tertiary/aromatic N) is 3. The van der Waals surface area contributed by atoms with Gasteiger partial charge in [0.05, 0.1) is 0 Å². The van der Waals surface area contributed by atoms with Crippen LogP contribution >= 0.6 is 0 Å². The minimum Gasteiger partial charge on any atom is -0.489 e. The number of amides is 1. The maximum Gasteiger partial charge on any atom is 0.224 e. The SMILES string of the molecule is [N-]=[N+]=NCCCCCCCCC(=O)Nc1ccc(OCc2ccccc2)cc1. The zero-order chi connectivity index (χ0) is 19.9. The predicted molar refractivity (Wildman–Crippen MR) is 112 cm³/mol. The van der Waals surface area contributed by atoms with Gasteiger partial charge in [0.1, 0.15) is 12.4 Å². The van der Waals surface area contributed by atoms with Crippen LogP contribution in [0.1, 0.15) is 50.5 Å². The number of rotatable bonds is 13. The van der Waals surface area contributed by atoms with E-state index < -0.39 is 0 Å². The van der Waals surface area contributed by atoms with Crippen molar-refractivity contribution >= 4 is 11.6 Å². The summed E-state index contributed by atoms with van der Waals surface area (Å²) in [6.45, 7) is 1.10. The molecule has 0 saturated carbocycles. The van der Waals surface area contributed by atoms with E-state index in [1.54, 1.807) is 0 Å². The van der Waals surface area contributed by atoms with Gasteiger partial charge in [0, 0.05) is 23.6 Å². The quantitative estimate of drug-likeness (QED) is 0.193. The lowest BCUT2D eigenvalue weighted by Crippen LogP contribution is -2.10. The Balaban J connectivity index is 1.57. The van der Waals surface area contributed by atoms with Gasteiger partial charge in [-0.3, -0.25) is 4.79 Å². The lowest BCUT2D eigenvalue weighted by molar-refractivity contribution is -0.116. The Kier molecular flexibility index (Phi) is 10.1. The topological polar surface area (TPSA) is 87.1 Å². The van der Waals surface area contributed by atoms with Gasteiger partial charge in [0.25, 0.3) is 0 Å². The smallest absolute Gasteiger partial charge is 0.224 e. The summed E-state index contributed by atoms with van der Waals surface area (Å²) >= 11 is 0. The number of nitrogens with one attached hydrogen (secondary N) is 1. The number of ether oxygens (including phenoxy) is 1. The Bertz CT molecular complexity index is 741. The van der Waals surface area contributed by atoms with Gasteiger partial charge in [-0.1, -0.05) is 61.1 Å². The molecule has 0 saturated heterocycles. The fraction of sp³-hybridized carbons (Fsp3) is 0.409. The van der Waals surface area contributed by atoms with Crippen LogP contribution < -0.4 is 10.1 Å². The average molecular weight is 380 g/mol. The first-order valence-electron chi connectivity index (χ1n) is 9.85. The molecule has 0 heterocycles. The highest BCUT2D eigenvalue weighted by atomic mass is 16.5. The van der Waals surface area contributed by atoms with E-state index in [9.17, 15) is 4.79 Å². The molecular formula is C22H28N4O2. The minimum atomic E-state index is 0.0429. The molecule has 148 valence electrons. The number of unbranched alkanes of at least 4 members (excludes halogenated alkanes) is 5. The van der Waals surface area contributed by atoms with Crippen LogP contribution in [0.3, 0.4) is 0 Å². The summed E-state index contributed by atoms with van der Waals surface area (Å²) < 4.78 is 5.75. The summed E-state index contributed by atoms with van der Waals surface area (Å²) in [6.07, 6.45) is 6.70. The van der Waals surface area contributed by atoms with Crippen LogP contribution in [0.5, 0.6) is 5.75 Å². The first-order valence-corrected chi connectivity index (χ1v) is 9.85. The van der Waals surface area contributed by atoms with Crippen LogP contribution in [-0.2, 0) is 11.4 Å². The molecule has 0 aromatic heterocycles. The third-order valence-corrected chi connectivity index (χ3v) is 4.36. The van der Waals surface area contributed by atoms with Gasteiger partial charge in [0.2, 0.25) is 5.91 Å². The molecule has 0 aliphatic carbocycles. The third-order valence-electron chi connectivity index (χ3n) is 4.36. The van der Waals surface area contributed by atoms with Gasteiger partial charge in [-0.25, -0.2) is 0 Å². The Morgan fingerprint density at radius 1 is 0.929 bits per heavy atom. The van der Waals surface area contributed by atoms with Crippen molar-refractivity contribution in [2.45, 2.75) is 51.6 Å². The average Bonchev–Trinajstić information content (AvgIpc) is 2.73. The number of carbonyl (C=O) groups excluding carboxylic acids is 1. The number of hydrogen-bond donors (Lipinski definition) is 1. The number of azide groups is 1. The van der Waals surface area contributed by atoms with Crippen molar-refractivity contribution in [2.75, 3.05) is 11.9 Å². The van der Waals surface area contributed by atoms with Crippen molar-refractivity contribution < 1.29 is 9.53 Å². The van der Waals surface area contributed by atoms with Gasteiger partial charge in [-0.05, 0) is 48.2 Å². The minimum absolute atomic E-state index is 0.0429. The Morgan fingerprint density at radius 2 is 1.61 bits per heavy atom. The maximum absolute atomic E-state index is 12.0. The lowest BCUT2D eigenvalue weighted by atomic mass is 10.1. The van der Waals surface area contributed by atoms with E-state index in [-0.39, 0.29) is 5.91 Å². The molecule has 0 bridgehead atoms. The zero-order valence-corrected chi connectivity index (χ0v) is 16.2. The van der Waals surface area contributed by atoms with Gasteiger partial charge in [0.15, 0.2) is 0 Å².